The van der Waals surface area contributed by atoms with E-state index in [9.17, 15) is 10.2 Å². The highest BCUT2D eigenvalue weighted by Gasteiger charge is 2.47. The standard InChI is InChI=1S/C16H20N2O3/c1-16(2)15(20)14(18-7-3-4-13(18)19)11-8-10(9-17)5-6-12(11)21-16/h5-6,8,13-15,19-20H,3-4,7H2,1-2H3. The lowest BCUT2D eigenvalue weighted by Gasteiger charge is -2.46. The molecule has 1 aromatic carbocycles. The number of nitriles is 1. The van der Waals surface area contributed by atoms with Gasteiger partial charge in [-0.05, 0) is 44.9 Å². The topological polar surface area (TPSA) is 76.7 Å². The third-order valence-electron chi connectivity index (χ3n) is 4.46. The van der Waals surface area contributed by atoms with E-state index in [0.29, 0.717) is 17.7 Å². The monoisotopic (exact) mass is 288 g/mol. The molecule has 0 amide bonds. The molecule has 1 fully saturated rings. The lowest BCUT2D eigenvalue weighted by atomic mass is 9.85. The summed E-state index contributed by atoms with van der Waals surface area (Å²) in [5.41, 5.74) is 0.568. The quantitative estimate of drug-likeness (QED) is 0.820. The van der Waals surface area contributed by atoms with E-state index in [0.717, 1.165) is 18.5 Å². The Morgan fingerprint density at radius 3 is 2.76 bits per heavy atom. The van der Waals surface area contributed by atoms with E-state index in [2.05, 4.69) is 6.07 Å². The first kappa shape index (κ1) is 14.3. The fraction of sp³-hybridized carbons (Fsp3) is 0.562. The second kappa shape index (κ2) is 4.99. The van der Waals surface area contributed by atoms with Crippen LogP contribution in [0.25, 0.3) is 0 Å². The fourth-order valence-electron chi connectivity index (χ4n) is 3.29. The smallest absolute Gasteiger partial charge is 0.131 e. The SMILES string of the molecule is CC1(C)Oc2ccc(C#N)cc2C(N2CCCC2O)C1O. The molecule has 0 spiro atoms. The molecule has 2 N–H and O–H groups in total. The summed E-state index contributed by atoms with van der Waals surface area (Å²) in [4.78, 5) is 1.91. The van der Waals surface area contributed by atoms with Crippen LogP contribution in [0.15, 0.2) is 18.2 Å². The van der Waals surface area contributed by atoms with Crippen LogP contribution >= 0.6 is 0 Å². The lowest BCUT2D eigenvalue weighted by Crippen LogP contribution is -2.54. The van der Waals surface area contributed by atoms with E-state index in [4.69, 9.17) is 10.00 Å². The van der Waals surface area contributed by atoms with Gasteiger partial charge in [0.15, 0.2) is 0 Å². The molecule has 1 aromatic rings. The maximum Gasteiger partial charge on any atom is 0.131 e. The summed E-state index contributed by atoms with van der Waals surface area (Å²) < 4.78 is 5.89. The number of hydrogen-bond acceptors (Lipinski definition) is 5. The van der Waals surface area contributed by atoms with E-state index in [1.807, 2.05) is 18.7 Å². The van der Waals surface area contributed by atoms with Crippen LogP contribution in [0.3, 0.4) is 0 Å². The summed E-state index contributed by atoms with van der Waals surface area (Å²) in [6.07, 6.45) is 0.278. The highest BCUT2D eigenvalue weighted by atomic mass is 16.5. The number of ether oxygens (including phenoxy) is 1. The van der Waals surface area contributed by atoms with Crippen molar-refractivity contribution in [2.24, 2.45) is 0 Å². The second-order valence-electron chi connectivity index (χ2n) is 6.32. The molecule has 0 bridgehead atoms. The van der Waals surface area contributed by atoms with Gasteiger partial charge >= 0.3 is 0 Å². The molecule has 21 heavy (non-hydrogen) atoms. The van der Waals surface area contributed by atoms with Crippen molar-refractivity contribution >= 4 is 0 Å². The second-order valence-corrected chi connectivity index (χ2v) is 6.32. The van der Waals surface area contributed by atoms with Crippen LogP contribution in [0.5, 0.6) is 5.75 Å². The van der Waals surface area contributed by atoms with Crippen molar-refractivity contribution in [2.75, 3.05) is 6.54 Å². The highest BCUT2D eigenvalue weighted by Crippen LogP contribution is 2.45. The van der Waals surface area contributed by atoms with Gasteiger partial charge in [-0.25, -0.2) is 0 Å². The normalized spacial score (nSPS) is 31.3. The minimum atomic E-state index is -0.772. The Bertz CT molecular complexity index is 594. The maximum absolute atomic E-state index is 10.7. The molecule has 5 nitrogen and oxygen atoms in total. The molecule has 0 radical (unpaired) electrons. The maximum atomic E-state index is 10.7. The Morgan fingerprint density at radius 1 is 1.38 bits per heavy atom. The van der Waals surface area contributed by atoms with Crippen molar-refractivity contribution in [1.82, 2.24) is 4.90 Å². The molecule has 0 saturated carbocycles. The summed E-state index contributed by atoms with van der Waals surface area (Å²) in [5.74, 6) is 0.674. The first-order valence-corrected chi connectivity index (χ1v) is 7.29. The predicted octanol–water partition coefficient (Wildman–Crippen LogP) is 1.55. The summed E-state index contributed by atoms with van der Waals surface area (Å²) >= 11 is 0. The van der Waals surface area contributed by atoms with Crippen LogP contribution in [-0.2, 0) is 0 Å². The van der Waals surface area contributed by atoms with E-state index >= 15 is 0 Å². The van der Waals surface area contributed by atoms with Crippen molar-refractivity contribution in [3.05, 3.63) is 29.3 Å². The Morgan fingerprint density at radius 2 is 2.14 bits per heavy atom. The van der Waals surface area contributed by atoms with Gasteiger partial charge in [-0.15, -0.1) is 0 Å². The zero-order valence-corrected chi connectivity index (χ0v) is 12.3. The Kier molecular flexibility index (Phi) is 3.40. The van der Waals surface area contributed by atoms with Gasteiger partial charge in [0.25, 0.3) is 0 Å². The van der Waals surface area contributed by atoms with Gasteiger partial charge in [0.05, 0.1) is 17.7 Å². The van der Waals surface area contributed by atoms with Crippen molar-refractivity contribution in [3.63, 3.8) is 0 Å². The number of fused-ring (bicyclic) bond motifs is 1. The number of hydrogen-bond donors (Lipinski definition) is 2. The summed E-state index contributed by atoms with van der Waals surface area (Å²) in [5, 5.41) is 30.0. The molecule has 2 aliphatic rings. The van der Waals surface area contributed by atoms with Crippen molar-refractivity contribution in [3.8, 4) is 11.8 Å². The van der Waals surface area contributed by atoms with Crippen LogP contribution in [0.4, 0.5) is 0 Å². The number of rotatable bonds is 1. The molecule has 2 aliphatic heterocycles. The first-order chi connectivity index (χ1) is 9.94. The molecule has 3 unspecified atom stereocenters. The molecule has 112 valence electrons. The van der Waals surface area contributed by atoms with E-state index in [1.165, 1.54) is 0 Å². The Balaban J connectivity index is 2.10. The molecule has 3 rings (SSSR count). The lowest BCUT2D eigenvalue weighted by molar-refractivity contribution is -0.117. The average molecular weight is 288 g/mol. The minimum Gasteiger partial charge on any atom is -0.485 e. The van der Waals surface area contributed by atoms with Crippen molar-refractivity contribution < 1.29 is 14.9 Å². The van der Waals surface area contributed by atoms with Crippen molar-refractivity contribution in [2.45, 2.75) is 50.7 Å². The first-order valence-electron chi connectivity index (χ1n) is 7.29. The number of aliphatic hydroxyl groups excluding tert-OH is 2. The molecule has 0 aromatic heterocycles. The molecular weight excluding hydrogens is 268 g/mol. The third kappa shape index (κ3) is 2.30. The van der Waals surface area contributed by atoms with E-state index in [1.54, 1.807) is 18.2 Å². The zero-order chi connectivity index (χ0) is 15.2. The van der Waals surface area contributed by atoms with Crippen LogP contribution in [0, 0.1) is 11.3 Å². The number of nitrogens with zero attached hydrogens (tertiary/aromatic N) is 2. The van der Waals surface area contributed by atoms with Crippen LogP contribution in [-0.4, -0.2) is 39.6 Å². The summed E-state index contributed by atoms with van der Waals surface area (Å²) in [6, 6.07) is 7.01. The van der Waals surface area contributed by atoms with Gasteiger partial charge in [0, 0.05) is 12.1 Å². The summed E-state index contributed by atoms with van der Waals surface area (Å²) in [6.45, 7) is 4.41. The molecule has 2 heterocycles. The Hall–Kier alpha value is -1.61. The molecule has 3 atom stereocenters. The van der Waals surface area contributed by atoms with Crippen molar-refractivity contribution in [1.29, 1.82) is 5.26 Å². The molecule has 5 heteroatoms. The fourth-order valence-corrected chi connectivity index (χ4v) is 3.29. The molecule has 1 saturated heterocycles. The minimum absolute atomic E-state index is 0.352. The number of benzene rings is 1. The number of likely N-dealkylation sites (tertiary alicyclic amines) is 1. The molecular formula is C16H20N2O3. The summed E-state index contributed by atoms with van der Waals surface area (Å²) in [7, 11) is 0. The Labute approximate surface area is 124 Å². The predicted molar refractivity (Wildman–Crippen MR) is 76.6 cm³/mol. The highest BCUT2D eigenvalue weighted by molar-refractivity contribution is 5.46. The van der Waals surface area contributed by atoms with Gasteiger partial charge in [-0.2, -0.15) is 5.26 Å². The van der Waals surface area contributed by atoms with Gasteiger partial charge in [0.2, 0.25) is 0 Å². The average Bonchev–Trinajstić information content (AvgIpc) is 2.86. The molecule has 0 aliphatic carbocycles. The van der Waals surface area contributed by atoms with Gasteiger partial charge < -0.3 is 14.9 Å². The van der Waals surface area contributed by atoms with Crippen LogP contribution in [0.2, 0.25) is 0 Å². The van der Waals surface area contributed by atoms with Gasteiger partial charge in [0.1, 0.15) is 23.7 Å². The van der Waals surface area contributed by atoms with Gasteiger partial charge in [-0.1, -0.05) is 0 Å². The largest absolute Gasteiger partial charge is 0.485 e. The third-order valence-corrected chi connectivity index (χ3v) is 4.46. The zero-order valence-electron chi connectivity index (χ0n) is 12.3. The van der Waals surface area contributed by atoms with Crippen LogP contribution in [0.1, 0.15) is 43.9 Å². The van der Waals surface area contributed by atoms with Crippen LogP contribution < -0.4 is 4.74 Å². The van der Waals surface area contributed by atoms with E-state index in [-0.39, 0.29) is 6.04 Å². The van der Waals surface area contributed by atoms with E-state index < -0.39 is 17.9 Å². The van der Waals surface area contributed by atoms with Gasteiger partial charge in [-0.3, -0.25) is 4.90 Å². The number of aliphatic hydroxyl groups is 2.